The molecule has 0 aliphatic rings. The van der Waals surface area contributed by atoms with Crippen molar-refractivity contribution in [3.63, 3.8) is 0 Å². The molecule has 1 aromatic rings. The normalized spacial score (nSPS) is 12.8. The summed E-state index contributed by atoms with van der Waals surface area (Å²) in [5.74, 6) is 0.309. The quantitative estimate of drug-likeness (QED) is 0.634. The molecule has 0 amide bonds. The summed E-state index contributed by atoms with van der Waals surface area (Å²) in [6.45, 7) is 9.92. The van der Waals surface area contributed by atoms with Crippen LogP contribution in [0.3, 0.4) is 0 Å². The first-order valence-corrected chi connectivity index (χ1v) is 7.79. The zero-order chi connectivity index (χ0) is 15.5. The summed E-state index contributed by atoms with van der Waals surface area (Å²) in [4.78, 5) is 0. The molecule has 0 radical (unpaired) electrons. The fourth-order valence-electron chi connectivity index (χ4n) is 1.93. The summed E-state index contributed by atoms with van der Waals surface area (Å²) in [7, 11) is 0. The zero-order valence-electron chi connectivity index (χ0n) is 13.4. The van der Waals surface area contributed by atoms with Crippen molar-refractivity contribution < 1.29 is 13.9 Å². The van der Waals surface area contributed by atoms with Gasteiger partial charge in [-0.3, -0.25) is 0 Å². The topological polar surface area (TPSA) is 30.5 Å². The number of nitrogens with one attached hydrogen (secondary N) is 1. The Bertz CT molecular complexity index is 368. The summed E-state index contributed by atoms with van der Waals surface area (Å²) in [5.41, 5.74) is 0.990. The molecule has 0 aliphatic carbocycles. The van der Waals surface area contributed by atoms with E-state index < -0.39 is 0 Å². The van der Waals surface area contributed by atoms with Gasteiger partial charge in [-0.2, -0.15) is 0 Å². The van der Waals surface area contributed by atoms with E-state index in [1.54, 1.807) is 12.1 Å². The molecule has 1 rings (SSSR count). The maximum absolute atomic E-state index is 13.0. The van der Waals surface area contributed by atoms with E-state index in [0.29, 0.717) is 19.1 Å². The predicted octanol–water partition coefficient (Wildman–Crippen LogP) is 3.56. The van der Waals surface area contributed by atoms with Crippen LogP contribution in [0.5, 0.6) is 0 Å². The number of benzene rings is 1. The average molecular weight is 297 g/mol. The van der Waals surface area contributed by atoms with Gasteiger partial charge in [0.2, 0.25) is 0 Å². The highest BCUT2D eigenvalue weighted by atomic mass is 19.1. The molecule has 0 aliphatic heterocycles. The van der Waals surface area contributed by atoms with E-state index in [9.17, 15) is 4.39 Å². The van der Waals surface area contributed by atoms with E-state index >= 15 is 0 Å². The molecular weight excluding hydrogens is 269 g/mol. The van der Waals surface area contributed by atoms with Crippen molar-refractivity contribution >= 4 is 0 Å². The molecule has 4 heteroatoms. The van der Waals surface area contributed by atoms with Crippen molar-refractivity contribution in [3.05, 3.63) is 35.6 Å². The van der Waals surface area contributed by atoms with E-state index in [-0.39, 0.29) is 11.9 Å². The molecule has 3 nitrogen and oxygen atoms in total. The SMILES string of the molecule is CCCNCC(OCCOCC(C)C)c1ccc(F)cc1. The fraction of sp³-hybridized carbons (Fsp3) is 0.647. The highest BCUT2D eigenvalue weighted by molar-refractivity contribution is 5.19. The van der Waals surface area contributed by atoms with E-state index in [0.717, 1.165) is 31.7 Å². The maximum atomic E-state index is 13.0. The first kappa shape index (κ1) is 18.1. The lowest BCUT2D eigenvalue weighted by molar-refractivity contribution is -0.00126. The van der Waals surface area contributed by atoms with Gasteiger partial charge in [0.05, 0.1) is 19.3 Å². The van der Waals surface area contributed by atoms with Gasteiger partial charge in [-0.05, 0) is 36.6 Å². The molecule has 1 unspecified atom stereocenters. The first-order chi connectivity index (χ1) is 10.1. The number of ether oxygens (including phenoxy) is 2. The number of hydrogen-bond donors (Lipinski definition) is 1. The lowest BCUT2D eigenvalue weighted by atomic mass is 10.1. The van der Waals surface area contributed by atoms with Gasteiger partial charge in [-0.15, -0.1) is 0 Å². The Morgan fingerprint density at radius 3 is 2.48 bits per heavy atom. The highest BCUT2D eigenvalue weighted by Crippen LogP contribution is 2.17. The van der Waals surface area contributed by atoms with Gasteiger partial charge < -0.3 is 14.8 Å². The van der Waals surface area contributed by atoms with Gasteiger partial charge in [0.1, 0.15) is 5.82 Å². The van der Waals surface area contributed by atoms with E-state index in [2.05, 4.69) is 26.1 Å². The molecule has 21 heavy (non-hydrogen) atoms. The monoisotopic (exact) mass is 297 g/mol. The number of rotatable bonds is 11. The summed E-state index contributed by atoms with van der Waals surface area (Å²) >= 11 is 0. The van der Waals surface area contributed by atoms with Gasteiger partial charge in [-0.1, -0.05) is 32.9 Å². The van der Waals surface area contributed by atoms with Crippen LogP contribution in [0, 0.1) is 11.7 Å². The Kier molecular flexibility index (Phi) is 9.22. The van der Waals surface area contributed by atoms with E-state index in [1.165, 1.54) is 12.1 Å². The van der Waals surface area contributed by atoms with Crippen LogP contribution < -0.4 is 5.32 Å². The molecule has 1 N–H and O–H groups in total. The third-order valence-corrected chi connectivity index (χ3v) is 3.00. The minimum atomic E-state index is -0.223. The Morgan fingerprint density at radius 2 is 1.86 bits per heavy atom. The molecule has 0 aromatic heterocycles. The Balaban J connectivity index is 2.42. The van der Waals surface area contributed by atoms with Crippen LogP contribution in [-0.4, -0.2) is 32.9 Å². The average Bonchev–Trinajstić information content (AvgIpc) is 2.46. The van der Waals surface area contributed by atoms with Crippen molar-refractivity contribution in [1.82, 2.24) is 5.32 Å². The van der Waals surface area contributed by atoms with Crippen molar-refractivity contribution in [2.45, 2.75) is 33.3 Å². The third kappa shape index (κ3) is 8.15. The minimum absolute atomic E-state index is 0.0696. The molecule has 0 saturated carbocycles. The lowest BCUT2D eigenvalue weighted by Gasteiger charge is -2.19. The Morgan fingerprint density at radius 1 is 1.14 bits per heavy atom. The largest absolute Gasteiger partial charge is 0.379 e. The van der Waals surface area contributed by atoms with Crippen LogP contribution in [0.15, 0.2) is 24.3 Å². The molecule has 0 heterocycles. The Labute approximate surface area is 127 Å². The molecule has 120 valence electrons. The van der Waals surface area contributed by atoms with Crippen molar-refractivity contribution in [2.75, 3.05) is 32.9 Å². The van der Waals surface area contributed by atoms with Crippen molar-refractivity contribution in [3.8, 4) is 0 Å². The standard InChI is InChI=1S/C17H28FNO2/c1-4-9-19-12-17(15-5-7-16(18)8-6-15)21-11-10-20-13-14(2)3/h5-8,14,17,19H,4,9-13H2,1-3H3. The van der Waals surface area contributed by atoms with Crippen molar-refractivity contribution in [2.24, 2.45) is 5.92 Å². The lowest BCUT2D eigenvalue weighted by Crippen LogP contribution is -2.25. The van der Waals surface area contributed by atoms with Gasteiger partial charge in [0, 0.05) is 13.2 Å². The Hall–Kier alpha value is -0.970. The van der Waals surface area contributed by atoms with Gasteiger partial charge >= 0.3 is 0 Å². The van der Waals surface area contributed by atoms with Crippen molar-refractivity contribution in [1.29, 1.82) is 0 Å². The summed E-state index contributed by atoms with van der Waals surface area (Å²) in [5, 5.41) is 3.35. The summed E-state index contributed by atoms with van der Waals surface area (Å²) in [6, 6.07) is 6.51. The second kappa shape index (κ2) is 10.7. The fourth-order valence-corrected chi connectivity index (χ4v) is 1.93. The predicted molar refractivity (Wildman–Crippen MR) is 83.9 cm³/mol. The van der Waals surface area contributed by atoms with E-state index in [4.69, 9.17) is 9.47 Å². The smallest absolute Gasteiger partial charge is 0.123 e. The molecule has 0 spiro atoms. The third-order valence-electron chi connectivity index (χ3n) is 3.00. The first-order valence-electron chi connectivity index (χ1n) is 7.79. The molecule has 0 fully saturated rings. The maximum Gasteiger partial charge on any atom is 0.123 e. The van der Waals surface area contributed by atoms with Crippen LogP contribution in [-0.2, 0) is 9.47 Å². The van der Waals surface area contributed by atoms with Gasteiger partial charge in [0.25, 0.3) is 0 Å². The zero-order valence-corrected chi connectivity index (χ0v) is 13.4. The molecular formula is C17H28FNO2. The second-order valence-electron chi connectivity index (χ2n) is 5.58. The highest BCUT2D eigenvalue weighted by Gasteiger charge is 2.11. The minimum Gasteiger partial charge on any atom is -0.379 e. The number of hydrogen-bond acceptors (Lipinski definition) is 3. The van der Waals surface area contributed by atoms with Crippen LogP contribution in [0.4, 0.5) is 4.39 Å². The summed E-state index contributed by atoms with van der Waals surface area (Å²) in [6.07, 6.45) is 1.01. The van der Waals surface area contributed by atoms with Crippen LogP contribution in [0.2, 0.25) is 0 Å². The molecule has 0 saturated heterocycles. The van der Waals surface area contributed by atoms with Crippen LogP contribution in [0.25, 0.3) is 0 Å². The van der Waals surface area contributed by atoms with E-state index in [1.807, 2.05) is 0 Å². The van der Waals surface area contributed by atoms with Gasteiger partial charge in [-0.25, -0.2) is 4.39 Å². The van der Waals surface area contributed by atoms with Gasteiger partial charge in [0.15, 0.2) is 0 Å². The van der Waals surface area contributed by atoms with Crippen LogP contribution in [0.1, 0.15) is 38.9 Å². The molecule has 1 atom stereocenters. The molecule has 0 bridgehead atoms. The second-order valence-corrected chi connectivity index (χ2v) is 5.58. The summed E-state index contributed by atoms with van der Waals surface area (Å²) < 4.78 is 24.4. The molecule has 1 aromatic carbocycles. The number of halogens is 1. The van der Waals surface area contributed by atoms with Crippen LogP contribution >= 0.6 is 0 Å².